The Morgan fingerprint density at radius 3 is 2.67 bits per heavy atom. The first-order valence-corrected chi connectivity index (χ1v) is 5.58. The van der Waals surface area contributed by atoms with Gasteiger partial charge in [-0.2, -0.15) is 4.98 Å². The number of hydrogen-bond acceptors (Lipinski definition) is 6. The zero-order valence-electron chi connectivity index (χ0n) is 10.8. The highest BCUT2D eigenvalue weighted by atomic mass is 16.6. The van der Waals surface area contributed by atoms with Crippen LogP contribution >= 0.6 is 0 Å². The van der Waals surface area contributed by atoms with Crippen molar-refractivity contribution in [1.82, 2.24) is 4.98 Å². The summed E-state index contributed by atoms with van der Waals surface area (Å²) in [7, 11) is 0. The molecule has 0 fully saturated rings. The molecule has 1 aromatic heterocycles. The van der Waals surface area contributed by atoms with Crippen LogP contribution in [0.1, 0.15) is 27.2 Å². The molecule has 1 rings (SSSR count). The minimum absolute atomic E-state index is 0.0142. The molecule has 100 valence electrons. The fourth-order valence-corrected chi connectivity index (χ4v) is 1.21. The normalized spacial score (nSPS) is 11.1. The van der Waals surface area contributed by atoms with Crippen molar-refractivity contribution in [3.05, 3.63) is 22.2 Å². The van der Waals surface area contributed by atoms with Crippen molar-refractivity contribution in [2.45, 2.75) is 27.2 Å². The molecule has 0 aliphatic heterocycles. The molecule has 1 aromatic rings. The van der Waals surface area contributed by atoms with Gasteiger partial charge in [-0.3, -0.25) is 10.1 Å². The molecule has 0 aromatic carbocycles. The Balaban J connectivity index is 2.81. The van der Waals surface area contributed by atoms with Gasteiger partial charge in [0.15, 0.2) is 0 Å². The lowest BCUT2D eigenvalue weighted by Crippen LogP contribution is -2.13. The Morgan fingerprint density at radius 1 is 1.50 bits per heavy atom. The lowest BCUT2D eigenvalue weighted by molar-refractivity contribution is -0.386. The predicted molar refractivity (Wildman–Crippen MR) is 68.3 cm³/mol. The third kappa shape index (κ3) is 4.17. The second-order valence-electron chi connectivity index (χ2n) is 5.08. The molecule has 0 unspecified atom stereocenters. The summed E-state index contributed by atoms with van der Waals surface area (Å²) < 4.78 is 5.37. The summed E-state index contributed by atoms with van der Waals surface area (Å²) in [4.78, 5) is 14.2. The number of hydrogen-bond donors (Lipinski definition) is 2. The van der Waals surface area contributed by atoms with Crippen LogP contribution in [0.25, 0.3) is 0 Å². The molecular weight excluding hydrogens is 236 g/mol. The van der Waals surface area contributed by atoms with Crippen LogP contribution in [-0.2, 0) is 0 Å². The maximum Gasteiger partial charge on any atom is 0.331 e. The number of pyridine rings is 1. The van der Waals surface area contributed by atoms with Crippen LogP contribution in [0.4, 0.5) is 11.5 Å². The van der Waals surface area contributed by atoms with E-state index in [2.05, 4.69) is 31.2 Å². The van der Waals surface area contributed by atoms with Gasteiger partial charge in [0.1, 0.15) is 5.82 Å². The van der Waals surface area contributed by atoms with E-state index in [4.69, 9.17) is 10.6 Å². The largest absolute Gasteiger partial charge is 0.473 e. The number of nitrogen functional groups attached to an aromatic ring is 1. The van der Waals surface area contributed by atoms with E-state index in [-0.39, 0.29) is 17.0 Å². The standard InChI is InChI=1S/C11H18N4O3/c1-11(2,3)6-7-18-10-8(15(16)17)4-5-9(13-10)14-12/h4-5H,6-7,12H2,1-3H3,(H,13,14). The number of nitrogens with two attached hydrogens (primary N) is 1. The number of hydrazine groups is 1. The second kappa shape index (κ2) is 5.63. The molecule has 7 heteroatoms. The molecule has 0 saturated heterocycles. The summed E-state index contributed by atoms with van der Waals surface area (Å²) in [6, 6.07) is 2.74. The zero-order valence-corrected chi connectivity index (χ0v) is 10.8. The SMILES string of the molecule is CC(C)(C)CCOc1nc(NN)ccc1[N+](=O)[O-]. The molecule has 0 aliphatic rings. The lowest BCUT2D eigenvalue weighted by atomic mass is 9.93. The molecule has 0 amide bonds. The molecule has 0 bridgehead atoms. The van der Waals surface area contributed by atoms with Gasteiger partial charge in [-0.05, 0) is 17.9 Å². The Hall–Kier alpha value is -1.89. The molecule has 0 atom stereocenters. The number of anilines is 1. The maximum atomic E-state index is 10.8. The summed E-state index contributed by atoms with van der Waals surface area (Å²) in [5, 5.41) is 10.8. The van der Waals surface area contributed by atoms with Crippen molar-refractivity contribution in [3.63, 3.8) is 0 Å². The molecule has 7 nitrogen and oxygen atoms in total. The zero-order chi connectivity index (χ0) is 13.8. The molecular formula is C11H18N4O3. The van der Waals surface area contributed by atoms with Gasteiger partial charge in [0.05, 0.1) is 11.5 Å². The summed E-state index contributed by atoms with van der Waals surface area (Å²) in [6.07, 6.45) is 0.770. The lowest BCUT2D eigenvalue weighted by Gasteiger charge is -2.17. The van der Waals surface area contributed by atoms with Gasteiger partial charge in [0.25, 0.3) is 5.88 Å². The fraction of sp³-hybridized carbons (Fsp3) is 0.545. The Morgan fingerprint density at radius 2 is 2.17 bits per heavy atom. The van der Waals surface area contributed by atoms with Crippen molar-refractivity contribution >= 4 is 11.5 Å². The van der Waals surface area contributed by atoms with Gasteiger partial charge in [0, 0.05) is 6.07 Å². The number of ether oxygens (including phenoxy) is 1. The van der Waals surface area contributed by atoms with E-state index >= 15 is 0 Å². The molecule has 0 radical (unpaired) electrons. The van der Waals surface area contributed by atoms with E-state index in [1.165, 1.54) is 12.1 Å². The number of nitro groups is 1. The van der Waals surface area contributed by atoms with E-state index < -0.39 is 4.92 Å². The molecule has 0 aliphatic carbocycles. The van der Waals surface area contributed by atoms with E-state index in [0.717, 1.165) is 6.42 Å². The summed E-state index contributed by atoms with van der Waals surface area (Å²) in [5.41, 5.74) is 2.26. The average molecular weight is 254 g/mol. The highest BCUT2D eigenvalue weighted by molar-refractivity contribution is 5.48. The minimum Gasteiger partial charge on any atom is -0.473 e. The smallest absolute Gasteiger partial charge is 0.331 e. The monoisotopic (exact) mass is 254 g/mol. The van der Waals surface area contributed by atoms with Gasteiger partial charge in [0.2, 0.25) is 0 Å². The van der Waals surface area contributed by atoms with E-state index in [1.54, 1.807) is 0 Å². The van der Waals surface area contributed by atoms with Crippen molar-refractivity contribution in [2.24, 2.45) is 11.3 Å². The van der Waals surface area contributed by atoms with Crippen molar-refractivity contribution in [3.8, 4) is 5.88 Å². The van der Waals surface area contributed by atoms with Gasteiger partial charge in [-0.15, -0.1) is 0 Å². The van der Waals surface area contributed by atoms with Crippen LogP contribution in [0, 0.1) is 15.5 Å². The average Bonchev–Trinajstić information content (AvgIpc) is 2.26. The maximum absolute atomic E-state index is 10.8. The van der Waals surface area contributed by atoms with Crippen LogP contribution in [-0.4, -0.2) is 16.5 Å². The van der Waals surface area contributed by atoms with Gasteiger partial charge >= 0.3 is 5.69 Å². The van der Waals surface area contributed by atoms with Crippen molar-refractivity contribution in [1.29, 1.82) is 0 Å². The molecule has 1 heterocycles. The Bertz CT molecular complexity index is 429. The Kier molecular flexibility index (Phi) is 4.43. The van der Waals surface area contributed by atoms with Gasteiger partial charge in [-0.25, -0.2) is 5.84 Å². The molecule has 3 N–H and O–H groups in total. The van der Waals surface area contributed by atoms with E-state index in [9.17, 15) is 10.1 Å². The first kappa shape index (κ1) is 14.2. The third-order valence-electron chi connectivity index (χ3n) is 2.28. The van der Waals surface area contributed by atoms with Crippen LogP contribution in [0.15, 0.2) is 12.1 Å². The van der Waals surface area contributed by atoms with Crippen molar-refractivity contribution in [2.75, 3.05) is 12.0 Å². The van der Waals surface area contributed by atoms with E-state index in [1.807, 2.05) is 0 Å². The van der Waals surface area contributed by atoms with Crippen molar-refractivity contribution < 1.29 is 9.66 Å². The summed E-state index contributed by atoms with van der Waals surface area (Å²) in [6.45, 7) is 6.56. The minimum atomic E-state index is -0.528. The van der Waals surface area contributed by atoms with Crippen LogP contribution in [0.3, 0.4) is 0 Å². The summed E-state index contributed by atoms with van der Waals surface area (Å²) in [5.74, 6) is 5.52. The number of nitrogens with zero attached hydrogens (tertiary/aromatic N) is 2. The quantitative estimate of drug-likeness (QED) is 0.473. The topological polar surface area (TPSA) is 103 Å². The second-order valence-corrected chi connectivity index (χ2v) is 5.08. The highest BCUT2D eigenvalue weighted by Gasteiger charge is 2.18. The molecule has 0 spiro atoms. The summed E-state index contributed by atoms with van der Waals surface area (Å²) >= 11 is 0. The van der Waals surface area contributed by atoms with Crippen LogP contribution in [0.5, 0.6) is 5.88 Å². The molecule has 18 heavy (non-hydrogen) atoms. The number of nitrogens with one attached hydrogen (secondary N) is 1. The molecule has 0 saturated carbocycles. The fourth-order valence-electron chi connectivity index (χ4n) is 1.21. The number of aromatic nitrogens is 1. The highest BCUT2D eigenvalue weighted by Crippen LogP contribution is 2.27. The third-order valence-corrected chi connectivity index (χ3v) is 2.28. The first-order chi connectivity index (χ1) is 8.33. The Labute approximate surface area is 105 Å². The first-order valence-electron chi connectivity index (χ1n) is 5.58. The van der Waals surface area contributed by atoms with Crippen LogP contribution < -0.4 is 16.0 Å². The number of rotatable bonds is 5. The van der Waals surface area contributed by atoms with Crippen LogP contribution in [0.2, 0.25) is 0 Å². The predicted octanol–water partition coefficient (Wildman–Crippen LogP) is 2.09. The van der Waals surface area contributed by atoms with E-state index in [0.29, 0.717) is 12.4 Å². The van der Waals surface area contributed by atoms with Gasteiger partial charge in [-0.1, -0.05) is 20.8 Å². The van der Waals surface area contributed by atoms with Gasteiger partial charge < -0.3 is 10.2 Å².